The van der Waals surface area contributed by atoms with Crippen molar-refractivity contribution in [3.05, 3.63) is 23.7 Å². The zero-order valence-corrected chi connectivity index (χ0v) is 6.11. The lowest BCUT2D eigenvalue weighted by Crippen LogP contribution is -2.08. The third-order valence-corrected chi connectivity index (χ3v) is 1.53. The summed E-state index contributed by atoms with van der Waals surface area (Å²) in [6.07, 6.45) is 2.56. The molecule has 12 heavy (non-hydrogen) atoms. The molecule has 0 radical (unpaired) electrons. The summed E-state index contributed by atoms with van der Waals surface area (Å²) in [5.41, 5.74) is 0.936. The van der Waals surface area contributed by atoms with E-state index in [0.29, 0.717) is 11.1 Å². The van der Waals surface area contributed by atoms with Gasteiger partial charge in [-0.15, -0.1) is 0 Å². The lowest BCUT2D eigenvalue weighted by Gasteiger charge is -1.94. The summed E-state index contributed by atoms with van der Waals surface area (Å²) in [6.45, 7) is 0.354. The van der Waals surface area contributed by atoms with Gasteiger partial charge in [0.15, 0.2) is 5.78 Å². The minimum absolute atomic E-state index is 0.162. The van der Waals surface area contributed by atoms with E-state index in [-0.39, 0.29) is 19.0 Å². The predicted octanol–water partition coefficient (Wildman–Crippen LogP) is 0.247. The van der Waals surface area contributed by atoms with Gasteiger partial charge < -0.3 is 9.78 Å². The number of ketones is 1. The first-order valence-corrected chi connectivity index (χ1v) is 3.37. The van der Waals surface area contributed by atoms with Gasteiger partial charge in [-0.05, 0) is 0 Å². The second kappa shape index (κ2) is 2.96. The molecule has 0 bridgehead atoms. The molecule has 0 aromatic rings. The van der Waals surface area contributed by atoms with Crippen LogP contribution < -0.4 is 0 Å². The molecule has 0 unspecified atom stereocenters. The Morgan fingerprint density at radius 1 is 1.08 bits per heavy atom. The Morgan fingerprint density at radius 2 is 1.58 bits per heavy atom. The van der Waals surface area contributed by atoms with Crippen molar-refractivity contribution in [3.63, 3.8) is 0 Å². The first kappa shape index (κ1) is 7.33. The molecule has 2 heterocycles. The molecular weight excluding hydrogens is 164 g/mol. The summed E-state index contributed by atoms with van der Waals surface area (Å²) >= 11 is 0. The van der Waals surface area contributed by atoms with Crippen LogP contribution in [0.25, 0.3) is 0 Å². The van der Waals surface area contributed by atoms with Crippen LogP contribution in [0.2, 0.25) is 0 Å². The standard InChI is InChI=1S/C7H6O5/c8-7(5-1-9-10-2-5)6-3-11-12-4-6/h1,3H,2,4H2. The summed E-state index contributed by atoms with van der Waals surface area (Å²) in [7, 11) is 0. The highest BCUT2D eigenvalue weighted by atomic mass is 17.2. The zero-order chi connectivity index (χ0) is 8.39. The van der Waals surface area contributed by atoms with Crippen molar-refractivity contribution in [1.82, 2.24) is 0 Å². The van der Waals surface area contributed by atoms with Crippen LogP contribution in [0, 0.1) is 0 Å². The second-order valence-electron chi connectivity index (χ2n) is 2.33. The first-order valence-electron chi connectivity index (χ1n) is 3.37. The van der Waals surface area contributed by atoms with E-state index in [1.54, 1.807) is 0 Å². The number of rotatable bonds is 2. The van der Waals surface area contributed by atoms with Gasteiger partial charge in [-0.2, -0.15) is 9.78 Å². The lowest BCUT2D eigenvalue weighted by molar-refractivity contribution is -0.222. The maximum absolute atomic E-state index is 11.4. The molecule has 5 heteroatoms. The molecule has 0 spiro atoms. The summed E-state index contributed by atoms with van der Waals surface area (Å²) in [4.78, 5) is 29.3. The highest BCUT2D eigenvalue weighted by molar-refractivity contribution is 6.08. The van der Waals surface area contributed by atoms with Gasteiger partial charge in [0.2, 0.25) is 0 Å². The molecule has 0 saturated heterocycles. The van der Waals surface area contributed by atoms with Gasteiger partial charge in [-0.25, -0.2) is 0 Å². The van der Waals surface area contributed by atoms with Crippen molar-refractivity contribution >= 4 is 5.78 Å². The third kappa shape index (κ3) is 1.19. The van der Waals surface area contributed by atoms with Crippen molar-refractivity contribution in [2.45, 2.75) is 0 Å². The minimum Gasteiger partial charge on any atom is -0.345 e. The molecule has 0 saturated carbocycles. The van der Waals surface area contributed by atoms with Crippen LogP contribution in [-0.4, -0.2) is 19.0 Å². The molecule has 0 aromatic heterocycles. The molecule has 2 rings (SSSR count). The molecule has 0 aliphatic carbocycles. The van der Waals surface area contributed by atoms with Gasteiger partial charge >= 0.3 is 0 Å². The molecule has 2 aliphatic rings. The van der Waals surface area contributed by atoms with Gasteiger partial charge in [-0.3, -0.25) is 4.79 Å². The van der Waals surface area contributed by atoms with Gasteiger partial charge in [0.05, 0.1) is 11.1 Å². The van der Waals surface area contributed by atoms with E-state index in [0.717, 1.165) is 0 Å². The van der Waals surface area contributed by atoms with E-state index < -0.39 is 0 Å². The van der Waals surface area contributed by atoms with Gasteiger partial charge in [0.1, 0.15) is 25.7 Å². The van der Waals surface area contributed by atoms with E-state index >= 15 is 0 Å². The Morgan fingerprint density at radius 3 is 1.92 bits per heavy atom. The summed E-state index contributed by atoms with van der Waals surface area (Å²) in [6, 6.07) is 0. The Hall–Kier alpha value is -1.33. The van der Waals surface area contributed by atoms with Crippen molar-refractivity contribution in [2.75, 3.05) is 13.2 Å². The zero-order valence-electron chi connectivity index (χ0n) is 6.11. The molecule has 64 valence electrons. The van der Waals surface area contributed by atoms with Crippen molar-refractivity contribution in [2.24, 2.45) is 0 Å². The number of Topliss-reactive ketones (excluding diaryl/α,β-unsaturated/α-hetero) is 1. The van der Waals surface area contributed by atoms with Crippen molar-refractivity contribution in [1.29, 1.82) is 0 Å². The fourth-order valence-electron chi connectivity index (χ4n) is 0.892. The molecule has 0 aromatic carbocycles. The molecule has 2 aliphatic heterocycles. The van der Waals surface area contributed by atoms with Gasteiger partial charge in [-0.1, -0.05) is 0 Å². The molecule has 0 amide bonds. The quantitative estimate of drug-likeness (QED) is 0.556. The highest BCUT2D eigenvalue weighted by Crippen LogP contribution is 2.15. The Balaban J connectivity index is 2.08. The van der Waals surface area contributed by atoms with E-state index in [1.165, 1.54) is 12.5 Å². The molecule has 0 atom stereocenters. The van der Waals surface area contributed by atoms with Crippen LogP contribution in [-0.2, 0) is 24.3 Å². The maximum atomic E-state index is 11.4. The summed E-state index contributed by atoms with van der Waals surface area (Å²) in [5, 5.41) is 0. The monoisotopic (exact) mass is 170 g/mol. The van der Waals surface area contributed by atoms with Crippen molar-refractivity contribution in [3.8, 4) is 0 Å². The van der Waals surface area contributed by atoms with Crippen LogP contribution in [0.15, 0.2) is 23.7 Å². The van der Waals surface area contributed by atoms with Gasteiger partial charge in [0, 0.05) is 0 Å². The number of hydrogen-bond donors (Lipinski definition) is 0. The minimum atomic E-state index is -0.162. The first-order chi connectivity index (χ1) is 5.88. The largest absolute Gasteiger partial charge is 0.345 e. The van der Waals surface area contributed by atoms with Crippen LogP contribution in [0.3, 0.4) is 0 Å². The predicted molar refractivity (Wildman–Crippen MR) is 35.2 cm³/mol. The third-order valence-electron chi connectivity index (χ3n) is 1.53. The Kier molecular flexibility index (Phi) is 1.81. The maximum Gasteiger partial charge on any atom is 0.196 e. The molecule has 0 fully saturated rings. The number of carbonyl (C=O) groups excluding carboxylic acids is 1. The van der Waals surface area contributed by atoms with Crippen LogP contribution in [0.1, 0.15) is 0 Å². The van der Waals surface area contributed by atoms with Crippen LogP contribution in [0.5, 0.6) is 0 Å². The van der Waals surface area contributed by atoms with Crippen LogP contribution >= 0.6 is 0 Å². The van der Waals surface area contributed by atoms with Gasteiger partial charge in [0.25, 0.3) is 0 Å². The smallest absolute Gasteiger partial charge is 0.196 e. The number of hydrogen-bond acceptors (Lipinski definition) is 5. The fraction of sp³-hybridized carbons (Fsp3) is 0.286. The second-order valence-corrected chi connectivity index (χ2v) is 2.33. The summed E-state index contributed by atoms with van der Waals surface area (Å²) < 4.78 is 0. The van der Waals surface area contributed by atoms with E-state index in [4.69, 9.17) is 0 Å². The van der Waals surface area contributed by atoms with Crippen molar-refractivity contribution < 1.29 is 24.3 Å². The Labute approximate surface area is 68.0 Å². The van der Waals surface area contributed by atoms with E-state index in [9.17, 15) is 4.79 Å². The normalized spacial score (nSPS) is 21.0. The molecule has 0 N–H and O–H groups in total. The fourth-order valence-corrected chi connectivity index (χ4v) is 0.892. The number of carbonyl (C=O) groups is 1. The average molecular weight is 170 g/mol. The van der Waals surface area contributed by atoms with E-state index in [1.807, 2.05) is 0 Å². The average Bonchev–Trinajstić information content (AvgIpc) is 2.77. The summed E-state index contributed by atoms with van der Waals surface area (Å²) in [5.74, 6) is -0.162. The topological polar surface area (TPSA) is 54.0 Å². The lowest BCUT2D eigenvalue weighted by atomic mass is 10.1. The SMILES string of the molecule is O=C(C1=COOC1)C1=COOC1. The Bertz CT molecular complexity index is 239. The van der Waals surface area contributed by atoms with Crippen LogP contribution in [0.4, 0.5) is 0 Å². The molecular formula is C7H6O5. The van der Waals surface area contributed by atoms with E-state index in [2.05, 4.69) is 19.6 Å². The molecule has 5 nitrogen and oxygen atoms in total. The highest BCUT2D eigenvalue weighted by Gasteiger charge is 2.23.